The molecule has 0 aliphatic carbocycles. The molecule has 0 aliphatic rings. The molecule has 2 N–H and O–H groups in total. The summed E-state index contributed by atoms with van der Waals surface area (Å²) in [6, 6.07) is 10.7. The summed E-state index contributed by atoms with van der Waals surface area (Å²) in [5.41, 5.74) is 0.528. The molecule has 0 atom stereocenters. The molecule has 2 aromatic rings. The Morgan fingerprint density at radius 1 is 1.19 bits per heavy atom. The average Bonchev–Trinajstić information content (AvgIpc) is 2.79. The molecule has 0 radical (unpaired) electrons. The average molecular weight is 308 g/mol. The molecule has 0 bridgehead atoms. The van der Waals surface area contributed by atoms with E-state index < -0.39 is 10.0 Å². The molecule has 0 unspecified atom stereocenters. The minimum atomic E-state index is -3.63. The lowest BCUT2D eigenvalue weighted by Crippen LogP contribution is -2.21. The lowest BCUT2D eigenvalue weighted by Gasteiger charge is -2.06. The molecule has 0 saturated heterocycles. The van der Waals surface area contributed by atoms with Crippen molar-refractivity contribution < 1.29 is 12.8 Å². The quantitative estimate of drug-likeness (QED) is 0.861. The van der Waals surface area contributed by atoms with Gasteiger partial charge in [-0.2, -0.15) is 0 Å². The number of benzene rings is 1. The molecule has 5 nitrogen and oxygen atoms in total. The SMILES string of the molecule is Cc1oc(CNC(C)C)cc1S(=O)(=O)Nc1ccccc1. The lowest BCUT2D eigenvalue weighted by atomic mass is 10.3. The number of nitrogens with one attached hydrogen (secondary N) is 2. The van der Waals surface area contributed by atoms with Crippen molar-refractivity contribution in [2.24, 2.45) is 0 Å². The largest absolute Gasteiger partial charge is 0.464 e. The van der Waals surface area contributed by atoms with Crippen LogP contribution in [0.3, 0.4) is 0 Å². The van der Waals surface area contributed by atoms with Gasteiger partial charge in [-0.25, -0.2) is 8.42 Å². The second-order valence-electron chi connectivity index (χ2n) is 5.14. The molecule has 6 heteroatoms. The molecule has 21 heavy (non-hydrogen) atoms. The van der Waals surface area contributed by atoms with Gasteiger partial charge in [0.05, 0.1) is 6.54 Å². The number of anilines is 1. The van der Waals surface area contributed by atoms with Gasteiger partial charge in [0, 0.05) is 17.8 Å². The second kappa shape index (κ2) is 6.32. The van der Waals surface area contributed by atoms with Gasteiger partial charge >= 0.3 is 0 Å². The topological polar surface area (TPSA) is 71.3 Å². The maximum atomic E-state index is 12.4. The monoisotopic (exact) mass is 308 g/mol. The molecule has 0 amide bonds. The molecular weight excluding hydrogens is 288 g/mol. The van der Waals surface area contributed by atoms with Crippen LogP contribution in [0.5, 0.6) is 0 Å². The molecular formula is C15H20N2O3S. The van der Waals surface area contributed by atoms with Gasteiger partial charge in [-0.3, -0.25) is 4.72 Å². The molecule has 1 aromatic carbocycles. The molecule has 114 valence electrons. The summed E-state index contributed by atoms with van der Waals surface area (Å²) in [6.45, 7) is 6.19. The van der Waals surface area contributed by atoms with E-state index in [4.69, 9.17) is 4.42 Å². The van der Waals surface area contributed by atoms with E-state index in [1.54, 1.807) is 37.3 Å². The summed E-state index contributed by atoms with van der Waals surface area (Å²) in [5.74, 6) is 0.994. The predicted octanol–water partition coefficient (Wildman–Crippen LogP) is 2.89. The minimum Gasteiger partial charge on any atom is -0.464 e. The summed E-state index contributed by atoms with van der Waals surface area (Å²) >= 11 is 0. The van der Waals surface area contributed by atoms with Crippen molar-refractivity contribution in [2.75, 3.05) is 4.72 Å². The Kier molecular flexibility index (Phi) is 4.69. The van der Waals surface area contributed by atoms with Crippen molar-refractivity contribution in [3.05, 3.63) is 47.9 Å². The smallest absolute Gasteiger partial charge is 0.265 e. The van der Waals surface area contributed by atoms with Crippen molar-refractivity contribution in [1.29, 1.82) is 0 Å². The predicted molar refractivity (Wildman–Crippen MR) is 82.7 cm³/mol. The van der Waals surface area contributed by atoms with Crippen molar-refractivity contribution in [1.82, 2.24) is 5.32 Å². The zero-order chi connectivity index (χ0) is 15.5. The van der Waals surface area contributed by atoms with Crippen LogP contribution in [0.4, 0.5) is 5.69 Å². The summed E-state index contributed by atoms with van der Waals surface area (Å²) in [6.07, 6.45) is 0. The van der Waals surface area contributed by atoms with Crippen LogP contribution < -0.4 is 10.0 Å². The molecule has 2 rings (SSSR count). The highest BCUT2D eigenvalue weighted by Crippen LogP contribution is 2.22. The van der Waals surface area contributed by atoms with Crippen LogP contribution in [0.1, 0.15) is 25.4 Å². The third-order valence-electron chi connectivity index (χ3n) is 2.92. The summed E-state index contributed by atoms with van der Waals surface area (Å²) in [4.78, 5) is 0.173. The van der Waals surface area contributed by atoms with E-state index in [0.29, 0.717) is 29.8 Å². The first kappa shape index (κ1) is 15.6. The highest BCUT2D eigenvalue weighted by molar-refractivity contribution is 7.92. The van der Waals surface area contributed by atoms with Gasteiger partial charge in [-0.1, -0.05) is 32.0 Å². The van der Waals surface area contributed by atoms with E-state index in [0.717, 1.165) is 0 Å². The highest BCUT2D eigenvalue weighted by Gasteiger charge is 2.21. The van der Waals surface area contributed by atoms with Crippen molar-refractivity contribution in [2.45, 2.75) is 38.3 Å². The van der Waals surface area contributed by atoms with E-state index in [1.807, 2.05) is 19.9 Å². The summed E-state index contributed by atoms with van der Waals surface area (Å²) in [5, 5.41) is 3.19. The van der Waals surface area contributed by atoms with Crippen LogP contribution in [0, 0.1) is 6.92 Å². The summed E-state index contributed by atoms with van der Waals surface area (Å²) < 4.78 is 32.8. The Bertz CT molecular complexity index is 691. The Morgan fingerprint density at radius 2 is 1.86 bits per heavy atom. The van der Waals surface area contributed by atoms with E-state index >= 15 is 0 Å². The van der Waals surface area contributed by atoms with Crippen LogP contribution in [0.15, 0.2) is 45.7 Å². The molecule has 0 fully saturated rings. The normalized spacial score (nSPS) is 11.8. The Labute approximate surface area is 125 Å². The maximum Gasteiger partial charge on any atom is 0.265 e. The third-order valence-corrected chi connectivity index (χ3v) is 4.41. The number of furan rings is 1. The Hall–Kier alpha value is -1.79. The van der Waals surface area contributed by atoms with E-state index in [1.165, 1.54) is 0 Å². The number of hydrogen-bond acceptors (Lipinski definition) is 4. The minimum absolute atomic E-state index is 0.173. The number of aryl methyl sites for hydroxylation is 1. The number of sulfonamides is 1. The van der Waals surface area contributed by atoms with Crippen LogP contribution in [0.25, 0.3) is 0 Å². The molecule has 1 aromatic heterocycles. The van der Waals surface area contributed by atoms with Crippen LogP contribution in [-0.4, -0.2) is 14.5 Å². The third kappa shape index (κ3) is 4.09. The van der Waals surface area contributed by atoms with Gasteiger partial charge in [0.25, 0.3) is 10.0 Å². The van der Waals surface area contributed by atoms with Crippen LogP contribution in [-0.2, 0) is 16.6 Å². The van der Waals surface area contributed by atoms with Crippen molar-refractivity contribution >= 4 is 15.7 Å². The van der Waals surface area contributed by atoms with E-state index in [-0.39, 0.29) is 4.90 Å². The first-order valence-electron chi connectivity index (χ1n) is 6.79. The maximum absolute atomic E-state index is 12.4. The molecule has 1 heterocycles. The molecule has 0 spiro atoms. The molecule has 0 aliphatic heterocycles. The summed E-state index contributed by atoms with van der Waals surface area (Å²) in [7, 11) is -3.63. The second-order valence-corrected chi connectivity index (χ2v) is 6.79. The van der Waals surface area contributed by atoms with Crippen molar-refractivity contribution in [3.63, 3.8) is 0 Å². The standard InChI is InChI=1S/C15H20N2O3S/c1-11(2)16-10-14-9-15(12(3)20-14)21(18,19)17-13-7-5-4-6-8-13/h4-9,11,16-17H,10H2,1-3H3. The van der Waals surface area contributed by atoms with Crippen LogP contribution >= 0.6 is 0 Å². The van der Waals surface area contributed by atoms with Gasteiger partial charge in [0.1, 0.15) is 16.4 Å². The zero-order valence-corrected chi connectivity index (χ0v) is 13.2. The van der Waals surface area contributed by atoms with E-state index in [2.05, 4.69) is 10.0 Å². The van der Waals surface area contributed by atoms with E-state index in [9.17, 15) is 8.42 Å². The van der Waals surface area contributed by atoms with Gasteiger partial charge < -0.3 is 9.73 Å². The first-order chi connectivity index (χ1) is 9.88. The fourth-order valence-corrected chi connectivity index (χ4v) is 3.16. The lowest BCUT2D eigenvalue weighted by molar-refractivity contribution is 0.444. The van der Waals surface area contributed by atoms with Crippen molar-refractivity contribution in [3.8, 4) is 0 Å². The number of para-hydroxylation sites is 1. The van der Waals surface area contributed by atoms with Gasteiger partial charge in [-0.15, -0.1) is 0 Å². The molecule has 0 saturated carbocycles. The van der Waals surface area contributed by atoms with Gasteiger partial charge in [0.2, 0.25) is 0 Å². The van der Waals surface area contributed by atoms with Gasteiger partial charge in [0.15, 0.2) is 0 Å². The van der Waals surface area contributed by atoms with Gasteiger partial charge in [-0.05, 0) is 19.1 Å². The highest BCUT2D eigenvalue weighted by atomic mass is 32.2. The fourth-order valence-electron chi connectivity index (χ4n) is 1.90. The Morgan fingerprint density at radius 3 is 2.48 bits per heavy atom. The van der Waals surface area contributed by atoms with Crippen LogP contribution in [0.2, 0.25) is 0 Å². The zero-order valence-electron chi connectivity index (χ0n) is 12.4. The number of rotatable bonds is 6. The fraction of sp³-hybridized carbons (Fsp3) is 0.333. The first-order valence-corrected chi connectivity index (χ1v) is 8.27. The number of hydrogen-bond donors (Lipinski definition) is 2. The Balaban J connectivity index is 2.20.